The van der Waals surface area contributed by atoms with Gasteiger partial charge in [-0.1, -0.05) is 80.3 Å². The topological polar surface area (TPSA) is 12.0 Å². The maximum absolute atomic E-state index is 11.4. The molecule has 0 aliphatic carbocycles. The van der Waals surface area contributed by atoms with E-state index in [1.165, 1.54) is 5.56 Å². The van der Waals surface area contributed by atoms with E-state index >= 15 is 0 Å². The zero-order chi connectivity index (χ0) is 14.2. The van der Waals surface area contributed by atoms with Crippen LogP contribution in [0.1, 0.15) is 61.5 Å². The Morgan fingerprint density at radius 3 is 1.50 bits per heavy atom. The minimum atomic E-state index is -4.08. The van der Waals surface area contributed by atoms with Gasteiger partial charge in [0.25, 0.3) is 0 Å². The van der Waals surface area contributed by atoms with Gasteiger partial charge in [-0.25, -0.2) is 0 Å². The van der Waals surface area contributed by atoms with Crippen LogP contribution < -0.4 is 5.32 Å². The smallest absolute Gasteiger partial charge is 0.306 e. The zero-order valence-corrected chi connectivity index (χ0v) is 14.8. The van der Waals surface area contributed by atoms with Crippen LogP contribution in [0, 0.1) is 0 Å². The summed E-state index contributed by atoms with van der Waals surface area (Å²) in [5, 5.41) is 2.26. The molecule has 1 aromatic carbocycles. The van der Waals surface area contributed by atoms with E-state index in [4.69, 9.17) is 0 Å². The molecule has 1 N–H and O–H groups in total. The van der Waals surface area contributed by atoms with E-state index < -0.39 is 12.7 Å². The van der Waals surface area contributed by atoms with Crippen LogP contribution in [0.4, 0.5) is 13.2 Å². The Labute approximate surface area is 161 Å². The van der Waals surface area contributed by atoms with Gasteiger partial charge in [0.15, 0.2) is 0 Å². The third-order valence-corrected chi connectivity index (χ3v) is 2.18. The first-order valence-corrected chi connectivity index (χ1v) is 6.07. The van der Waals surface area contributed by atoms with Crippen LogP contribution in [0.15, 0.2) is 30.3 Å². The van der Waals surface area contributed by atoms with Crippen LogP contribution in [-0.2, 0) is 32.7 Å². The molecule has 0 fully saturated rings. The predicted molar refractivity (Wildman–Crippen MR) is 89.9 cm³/mol. The van der Waals surface area contributed by atoms with E-state index in [0.717, 1.165) is 0 Å². The molecular weight excluding hydrogens is 364 g/mol. The van der Waals surface area contributed by atoms with Gasteiger partial charge < -0.3 is 5.32 Å². The molecular formula is C17H34F3NY. The first kappa shape index (κ1) is 33.6. The van der Waals surface area contributed by atoms with Crippen LogP contribution in [0.3, 0.4) is 0 Å². The van der Waals surface area contributed by atoms with E-state index in [2.05, 4.69) is 43.4 Å². The van der Waals surface area contributed by atoms with Crippen LogP contribution in [0.2, 0.25) is 0 Å². The number of rotatable bonds is 3. The van der Waals surface area contributed by atoms with E-state index in [-0.39, 0.29) is 61.0 Å². The SMILES string of the molecule is C.C.C.CC(C)NCC(F)(F)F.CC(C)c1ccccc1.[Y]. The summed E-state index contributed by atoms with van der Waals surface area (Å²) in [6, 6.07) is 10.4. The molecule has 131 valence electrons. The minimum Gasteiger partial charge on any atom is -0.306 e. The quantitative estimate of drug-likeness (QED) is 0.634. The molecule has 0 spiro atoms. The Balaban J connectivity index is -0.0000000741. The van der Waals surface area contributed by atoms with Crippen molar-refractivity contribution in [1.29, 1.82) is 0 Å². The molecule has 0 bridgehead atoms. The Morgan fingerprint density at radius 2 is 1.32 bits per heavy atom. The average Bonchev–Trinajstić information content (AvgIpc) is 2.27. The summed E-state index contributed by atoms with van der Waals surface area (Å²) >= 11 is 0. The maximum Gasteiger partial charge on any atom is 0.401 e. The van der Waals surface area contributed by atoms with Gasteiger partial charge in [-0.15, -0.1) is 0 Å². The predicted octanol–water partition coefficient (Wildman–Crippen LogP) is 6.26. The van der Waals surface area contributed by atoms with Crippen molar-refractivity contribution < 1.29 is 45.9 Å². The third-order valence-electron chi connectivity index (χ3n) is 2.18. The van der Waals surface area contributed by atoms with Gasteiger partial charge >= 0.3 is 6.18 Å². The van der Waals surface area contributed by atoms with Gasteiger partial charge in [0.05, 0.1) is 6.54 Å². The molecule has 0 aromatic heterocycles. The molecule has 5 heteroatoms. The number of hydrogen-bond donors (Lipinski definition) is 1. The summed E-state index contributed by atoms with van der Waals surface area (Å²) < 4.78 is 34.1. The van der Waals surface area contributed by atoms with E-state index in [1.54, 1.807) is 13.8 Å². The van der Waals surface area contributed by atoms with Crippen molar-refractivity contribution >= 4 is 0 Å². The Hall–Kier alpha value is 0.0739. The fraction of sp³-hybridized carbons (Fsp3) is 0.647. The summed E-state index contributed by atoms with van der Waals surface area (Å²) in [6.45, 7) is 6.85. The molecule has 1 rings (SSSR count). The summed E-state index contributed by atoms with van der Waals surface area (Å²) in [7, 11) is 0. The second-order valence-electron chi connectivity index (χ2n) is 4.72. The van der Waals surface area contributed by atoms with Gasteiger partial charge in [-0.3, -0.25) is 0 Å². The van der Waals surface area contributed by atoms with Crippen molar-refractivity contribution in [3.05, 3.63) is 35.9 Å². The molecule has 0 atom stereocenters. The molecule has 0 amide bonds. The van der Waals surface area contributed by atoms with Gasteiger partial charge in [0, 0.05) is 38.8 Å². The molecule has 0 saturated heterocycles. The molecule has 0 unspecified atom stereocenters. The van der Waals surface area contributed by atoms with Crippen molar-refractivity contribution in [3.63, 3.8) is 0 Å². The largest absolute Gasteiger partial charge is 0.401 e. The zero-order valence-electron chi connectivity index (χ0n) is 12.0. The van der Waals surface area contributed by atoms with Crippen molar-refractivity contribution in [3.8, 4) is 0 Å². The second kappa shape index (κ2) is 17.4. The van der Waals surface area contributed by atoms with Gasteiger partial charge in [0.2, 0.25) is 0 Å². The Morgan fingerprint density at radius 1 is 0.909 bits per heavy atom. The summed E-state index contributed by atoms with van der Waals surface area (Å²) in [5.74, 6) is 0.659. The molecule has 0 saturated carbocycles. The second-order valence-corrected chi connectivity index (χ2v) is 4.72. The van der Waals surface area contributed by atoms with Crippen molar-refractivity contribution in [2.45, 2.75) is 68.1 Å². The number of nitrogens with one attached hydrogen (secondary N) is 1. The van der Waals surface area contributed by atoms with Gasteiger partial charge in [0.1, 0.15) is 0 Å². The van der Waals surface area contributed by atoms with Crippen molar-refractivity contribution in [2.24, 2.45) is 0 Å². The van der Waals surface area contributed by atoms with Crippen molar-refractivity contribution in [1.82, 2.24) is 5.32 Å². The molecule has 1 aromatic rings. The first-order valence-electron chi connectivity index (χ1n) is 6.07. The van der Waals surface area contributed by atoms with Crippen molar-refractivity contribution in [2.75, 3.05) is 6.54 Å². The molecule has 0 heterocycles. The number of halogens is 3. The Kier molecular flexibility index (Phi) is 26.6. The number of alkyl halides is 3. The standard InChI is InChI=1S/C9H12.C5H10F3N.3CH4.Y/c1-8(2)9-6-4-3-5-7-9;1-4(2)9-3-5(6,7)8;;;;/h3-8H,1-2H3;4,9H,3H2,1-2H3;3*1H4;. The molecule has 1 radical (unpaired) electrons. The van der Waals surface area contributed by atoms with E-state index in [0.29, 0.717) is 5.92 Å². The summed E-state index contributed by atoms with van der Waals surface area (Å²) in [5.41, 5.74) is 1.41. The van der Waals surface area contributed by atoms with Crippen LogP contribution in [-0.4, -0.2) is 18.8 Å². The average molecular weight is 398 g/mol. The molecule has 1 nitrogen and oxygen atoms in total. The summed E-state index contributed by atoms with van der Waals surface area (Å²) in [6.07, 6.45) is -4.08. The molecule has 22 heavy (non-hydrogen) atoms. The van der Waals surface area contributed by atoms with Gasteiger partial charge in [-0.05, 0) is 11.5 Å². The normalized spacial score (nSPS) is 9.32. The van der Waals surface area contributed by atoms with Crippen LogP contribution in [0.5, 0.6) is 0 Å². The fourth-order valence-corrected chi connectivity index (χ4v) is 1.16. The molecule has 0 aliphatic rings. The number of benzene rings is 1. The number of hydrogen-bond acceptors (Lipinski definition) is 1. The van der Waals surface area contributed by atoms with E-state index in [9.17, 15) is 13.2 Å². The van der Waals surface area contributed by atoms with Crippen LogP contribution in [0.25, 0.3) is 0 Å². The third kappa shape index (κ3) is 22.4. The minimum absolute atomic E-state index is 0. The van der Waals surface area contributed by atoms with E-state index in [1.807, 2.05) is 6.07 Å². The monoisotopic (exact) mass is 398 g/mol. The first-order chi connectivity index (χ1) is 8.22. The Bertz CT molecular complexity index is 311. The van der Waals surface area contributed by atoms with Gasteiger partial charge in [-0.2, -0.15) is 13.2 Å². The fourth-order valence-electron chi connectivity index (χ4n) is 1.16. The van der Waals surface area contributed by atoms with Crippen LogP contribution >= 0.6 is 0 Å². The summed E-state index contributed by atoms with van der Waals surface area (Å²) in [4.78, 5) is 0. The molecule has 0 aliphatic heterocycles. The maximum atomic E-state index is 11.4.